The molecule has 0 spiro atoms. The van der Waals surface area contributed by atoms with Crippen LogP contribution in [0.15, 0.2) is 24.3 Å². The Kier molecular flexibility index (Phi) is 6.75. The first-order valence-electron chi connectivity index (χ1n) is 10.7. The standard InChI is InChI=1S/C24H30N2O4/c1-5-18-9-7-8-14-26(18)23(28)22(27)21-20(17-12-10-15(3)11-13-17)19(16(4)25-21)24(29)30-6-2/h10-13,18,25H,5-9,14H2,1-4H3/t18-/m1/s1. The molecule has 2 heterocycles. The third-order valence-corrected chi connectivity index (χ3v) is 5.79. The number of esters is 1. The van der Waals surface area contributed by atoms with Crippen molar-refractivity contribution in [3.8, 4) is 11.1 Å². The highest BCUT2D eigenvalue weighted by atomic mass is 16.5. The van der Waals surface area contributed by atoms with Gasteiger partial charge in [-0.3, -0.25) is 9.59 Å². The molecule has 0 saturated carbocycles. The summed E-state index contributed by atoms with van der Waals surface area (Å²) in [5.41, 5.74) is 3.19. The van der Waals surface area contributed by atoms with Gasteiger partial charge in [-0.15, -0.1) is 0 Å². The zero-order valence-corrected chi connectivity index (χ0v) is 18.2. The second kappa shape index (κ2) is 9.28. The molecule has 1 aliphatic heterocycles. The predicted octanol–water partition coefficient (Wildman–Crippen LogP) is 4.45. The largest absolute Gasteiger partial charge is 0.462 e. The van der Waals surface area contributed by atoms with E-state index >= 15 is 0 Å². The number of amides is 1. The molecule has 30 heavy (non-hydrogen) atoms. The van der Waals surface area contributed by atoms with Crippen molar-refractivity contribution >= 4 is 17.7 Å². The minimum Gasteiger partial charge on any atom is -0.462 e. The number of ether oxygens (including phenoxy) is 1. The summed E-state index contributed by atoms with van der Waals surface area (Å²) in [6.45, 7) is 8.28. The number of aromatic nitrogens is 1. The van der Waals surface area contributed by atoms with Gasteiger partial charge in [-0.1, -0.05) is 36.8 Å². The molecule has 1 saturated heterocycles. The maximum Gasteiger partial charge on any atom is 0.340 e. The van der Waals surface area contributed by atoms with Crippen LogP contribution in [-0.2, 0) is 9.53 Å². The molecule has 1 aliphatic rings. The van der Waals surface area contributed by atoms with Gasteiger partial charge < -0.3 is 14.6 Å². The average molecular weight is 411 g/mol. The van der Waals surface area contributed by atoms with Crippen LogP contribution in [0.25, 0.3) is 11.1 Å². The first-order valence-corrected chi connectivity index (χ1v) is 10.7. The van der Waals surface area contributed by atoms with Crippen LogP contribution in [0, 0.1) is 13.8 Å². The fourth-order valence-electron chi connectivity index (χ4n) is 4.19. The van der Waals surface area contributed by atoms with Gasteiger partial charge in [0.1, 0.15) is 5.69 Å². The Labute approximate surface area is 177 Å². The molecule has 2 aromatic rings. The van der Waals surface area contributed by atoms with Gasteiger partial charge in [0.15, 0.2) is 0 Å². The van der Waals surface area contributed by atoms with Crippen LogP contribution in [0.1, 0.15) is 71.6 Å². The summed E-state index contributed by atoms with van der Waals surface area (Å²) in [5, 5.41) is 0. The highest BCUT2D eigenvalue weighted by molar-refractivity contribution is 6.43. The van der Waals surface area contributed by atoms with Crippen molar-refractivity contribution < 1.29 is 19.1 Å². The Balaban J connectivity index is 2.08. The molecule has 1 N–H and O–H groups in total. The number of hydrogen-bond donors (Lipinski definition) is 1. The van der Waals surface area contributed by atoms with Gasteiger partial charge in [0.2, 0.25) is 0 Å². The Morgan fingerprint density at radius 3 is 2.43 bits per heavy atom. The number of aryl methyl sites for hydroxylation is 2. The van der Waals surface area contributed by atoms with E-state index in [-0.39, 0.29) is 18.3 Å². The van der Waals surface area contributed by atoms with E-state index < -0.39 is 17.7 Å². The van der Waals surface area contributed by atoms with Crippen molar-refractivity contribution in [3.63, 3.8) is 0 Å². The number of likely N-dealkylation sites (tertiary alicyclic amines) is 1. The molecule has 1 aromatic heterocycles. The number of rotatable bonds is 6. The lowest BCUT2D eigenvalue weighted by Gasteiger charge is -2.34. The Hall–Kier alpha value is -2.89. The van der Waals surface area contributed by atoms with Crippen LogP contribution in [0.3, 0.4) is 0 Å². The lowest BCUT2D eigenvalue weighted by molar-refractivity contribution is -0.130. The van der Waals surface area contributed by atoms with Crippen molar-refractivity contribution in [1.29, 1.82) is 0 Å². The van der Waals surface area contributed by atoms with Gasteiger partial charge in [-0.25, -0.2) is 4.79 Å². The summed E-state index contributed by atoms with van der Waals surface area (Å²) in [4.78, 5) is 43.9. The molecule has 0 aliphatic carbocycles. The molecule has 6 heteroatoms. The Bertz CT molecular complexity index is 943. The summed E-state index contributed by atoms with van der Waals surface area (Å²) < 4.78 is 5.23. The topological polar surface area (TPSA) is 79.5 Å². The fourth-order valence-corrected chi connectivity index (χ4v) is 4.19. The second-order valence-corrected chi connectivity index (χ2v) is 7.85. The van der Waals surface area contributed by atoms with Gasteiger partial charge in [0, 0.05) is 23.8 Å². The molecule has 160 valence electrons. The summed E-state index contributed by atoms with van der Waals surface area (Å²) in [7, 11) is 0. The molecule has 1 fully saturated rings. The maximum atomic E-state index is 13.3. The minimum absolute atomic E-state index is 0.0820. The molecule has 0 bridgehead atoms. The van der Waals surface area contributed by atoms with E-state index in [9.17, 15) is 14.4 Å². The smallest absolute Gasteiger partial charge is 0.340 e. The Morgan fingerprint density at radius 1 is 1.10 bits per heavy atom. The van der Waals surface area contributed by atoms with Crippen LogP contribution in [0.5, 0.6) is 0 Å². The second-order valence-electron chi connectivity index (χ2n) is 7.85. The number of H-pyrrole nitrogens is 1. The molecule has 3 rings (SSSR count). The number of aromatic amines is 1. The summed E-state index contributed by atoms with van der Waals surface area (Å²) in [6, 6.07) is 7.63. The lowest BCUT2D eigenvalue weighted by atomic mass is 9.96. The van der Waals surface area contributed by atoms with Gasteiger partial charge in [-0.2, -0.15) is 0 Å². The molecule has 1 atom stereocenters. The highest BCUT2D eigenvalue weighted by Gasteiger charge is 2.34. The van der Waals surface area contributed by atoms with Crippen molar-refractivity contribution in [2.75, 3.05) is 13.2 Å². The first kappa shape index (κ1) is 21.8. The minimum atomic E-state index is -0.607. The van der Waals surface area contributed by atoms with Crippen LogP contribution < -0.4 is 0 Å². The lowest BCUT2D eigenvalue weighted by Crippen LogP contribution is -2.46. The summed E-state index contributed by atoms with van der Waals surface area (Å²) in [5.74, 6) is -1.62. The highest BCUT2D eigenvalue weighted by Crippen LogP contribution is 2.32. The van der Waals surface area contributed by atoms with Crippen LogP contribution in [0.4, 0.5) is 0 Å². The third kappa shape index (κ3) is 4.18. The van der Waals surface area contributed by atoms with Crippen molar-refractivity contribution in [2.24, 2.45) is 0 Å². The molecule has 1 amide bonds. The maximum absolute atomic E-state index is 13.3. The average Bonchev–Trinajstić information content (AvgIpc) is 3.10. The van der Waals surface area contributed by atoms with E-state index in [0.717, 1.165) is 31.2 Å². The zero-order valence-electron chi connectivity index (χ0n) is 18.2. The fraction of sp³-hybridized carbons (Fsp3) is 0.458. The van der Waals surface area contributed by atoms with E-state index in [4.69, 9.17) is 4.74 Å². The van der Waals surface area contributed by atoms with E-state index in [2.05, 4.69) is 4.98 Å². The number of nitrogens with zero attached hydrogens (tertiary/aromatic N) is 1. The quantitative estimate of drug-likeness (QED) is 0.433. The molecule has 0 radical (unpaired) electrons. The monoisotopic (exact) mass is 410 g/mol. The Morgan fingerprint density at radius 2 is 1.80 bits per heavy atom. The molecular weight excluding hydrogens is 380 g/mol. The van der Waals surface area contributed by atoms with Crippen LogP contribution in [0.2, 0.25) is 0 Å². The SMILES string of the molecule is CCOC(=O)c1c(C)[nH]c(C(=O)C(=O)N2CCCC[C@H]2CC)c1-c1ccc(C)cc1. The molecule has 0 unspecified atom stereocenters. The molecular formula is C24H30N2O4. The summed E-state index contributed by atoms with van der Waals surface area (Å²) in [6.07, 6.45) is 3.71. The van der Waals surface area contributed by atoms with E-state index in [1.165, 1.54) is 0 Å². The number of carbonyl (C=O) groups excluding carboxylic acids is 3. The number of nitrogens with one attached hydrogen (secondary N) is 1. The van der Waals surface area contributed by atoms with Crippen LogP contribution >= 0.6 is 0 Å². The number of hydrogen-bond acceptors (Lipinski definition) is 4. The van der Waals surface area contributed by atoms with Crippen molar-refractivity contribution in [2.45, 2.75) is 59.4 Å². The number of carbonyl (C=O) groups is 3. The van der Waals surface area contributed by atoms with E-state index in [0.29, 0.717) is 28.9 Å². The van der Waals surface area contributed by atoms with Gasteiger partial charge >= 0.3 is 5.97 Å². The van der Waals surface area contributed by atoms with Gasteiger partial charge in [-0.05, 0) is 52.0 Å². The third-order valence-electron chi connectivity index (χ3n) is 5.79. The van der Waals surface area contributed by atoms with Crippen molar-refractivity contribution in [3.05, 3.63) is 46.8 Å². The predicted molar refractivity (Wildman–Crippen MR) is 116 cm³/mol. The normalized spacial score (nSPS) is 16.4. The summed E-state index contributed by atoms with van der Waals surface area (Å²) >= 11 is 0. The first-order chi connectivity index (χ1) is 14.4. The number of ketones is 1. The van der Waals surface area contributed by atoms with Crippen molar-refractivity contribution in [1.82, 2.24) is 9.88 Å². The molecule has 6 nitrogen and oxygen atoms in total. The van der Waals surface area contributed by atoms with Gasteiger partial charge in [0.05, 0.1) is 12.2 Å². The number of benzene rings is 1. The van der Waals surface area contributed by atoms with E-state index in [1.807, 2.05) is 38.1 Å². The number of Topliss-reactive ketones (excluding diaryl/α,β-unsaturated/α-hetero) is 1. The molecule has 1 aromatic carbocycles. The number of piperidine rings is 1. The zero-order chi connectivity index (χ0) is 21.8. The van der Waals surface area contributed by atoms with E-state index in [1.54, 1.807) is 18.7 Å². The van der Waals surface area contributed by atoms with Crippen LogP contribution in [-0.4, -0.2) is 46.7 Å². The van der Waals surface area contributed by atoms with Gasteiger partial charge in [0.25, 0.3) is 11.7 Å².